The average Bonchev–Trinajstić information content (AvgIpc) is 2.31. The van der Waals surface area contributed by atoms with E-state index in [9.17, 15) is 4.79 Å². The highest BCUT2D eigenvalue weighted by atomic mass is 35.5. The number of halogens is 1. The van der Waals surface area contributed by atoms with Gasteiger partial charge in [0.25, 0.3) is 5.91 Å². The van der Waals surface area contributed by atoms with Crippen molar-refractivity contribution in [3.05, 3.63) is 28.8 Å². The number of anilines is 1. The highest BCUT2D eigenvalue weighted by Crippen LogP contribution is 2.18. The second-order valence-corrected chi connectivity index (χ2v) is 5.29. The number of hydrogen-bond donors (Lipinski definition) is 2. The van der Waals surface area contributed by atoms with Crippen LogP contribution in [0.3, 0.4) is 0 Å². The molecule has 4 heteroatoms. The monoisotopic (exact) mass is 268 g/mol. The summed E-state index contributed by atoms with van der Waals surface area (Å²) < 4.78 is 0. The third-order valence-corrected chi connectivity index (χ3v) is 3.06. The molecule has 0 saturated carbocycles. The van der Waals surface area contributed by atoms with E-state index in [-0.39, 0.29) is 5.91 Å². The van der Waals surface area contributed by atoms with Crippen LogP contribution in [0.25, 0.3) is 0 Å². The maximum Gasteiger partial charge on any atom is 0.252 e. The fourth-order valence-electron chi connectivity index (χ4n) is 1.69. The molecule has 3 N–H and O–H groups in total. The van der Waals surface area contributed by atoms with E-state index in [1.807, 2.05) is 0 Å². The Morgan fingerprint density at radius 1 is 1.39 bits per heavy atom. The first kappa shape index (κ1) is 14.8. The van der Waals surface area contributed by atoms with Gasteiger partial charge in [-0.3, -0.25) is 4.79 Å². The summed E-state index contributed by atoms with van der Waals surface area (Å²) in [6, 6.07) is 4.93. The predicted molar refractivity (Wildman–Crippen MR) is 76.9 cm³/mol. The fraction of sp³-hybridized carbons (Fsp3) is 0.500. The lowest BCUT2D eigenvalue weighted by Gasteiger charge is -2.08. The number of carbonyl (C=O) groups excluding carboxylic acids is 1. The summed E-state index contributed by atoms with van der Waals surface area (Å²) in [6.07, 6.45) is 3.31. The number of hydrogen-bond acceptors (Lipinski definition) is 2. The van der Waals surface area contributed by atoms with Crippen molar-refractivity contribution in [2.24, 2.45) is 5.92 Å². The maximum absolute atomic E-state index is 11.9. The summed E-state index contributed by atoms with van der Waals surface area (Å²) in [5, 5.41) is 3.30. The van der Waals surface area contributed by atoms with Crippen molar-refractivity contribution in [1.29, 1.82) is 0 Å². The third-order valence-electron chi connectivity index (χ3n) is 2.73. The second-order valence-electron chi connectivity index (χ2n) is 4.88. The van der Waals surface area contributed by atoms with Crippen LogP contribution in [0.5, 0.6) is 0 Å². The van der Waals surface area contributed by atoms with Crippen LogP contribution in [0.15, 0.2) is 18.2 Å². The highest BCUT2D eigenvalue weighted by molar-refractivity contribution is 6.34. The zero-order chi connectivity index (χ0) is 13.5. The summed E-state index contributed by atoms with van der Waals surface area (Å²) in [7, 11) is 0. The molecule has 0 spiro atoms. The number of rotatable bonds is 6. The maximum atomic E-state index is 11.9. The molecule has 0 aliphatic rings. The fourth-order valence-corrected chi connectivity index (χ4v) is 1.89. The molecule has 1 aromatic rings. The molecular formula is C14H21ClN2O. The number of amides is 1. The first-order chi connectivity index (χ1) is 8.50. The molecule has 1 amide bonds. The lowest BCUT2D eigenvalue weighted by atomic mass is 10.1. The minimum atomic E-state index is -0.156. The Morgan fingerprint density at radius 3 is 2.78 bits per heavy atom. The molecule has 0 bridgehead atoms. The normalized spacial score (nSPS) is 10.7. The van der Waals surface area contributed by atoms with Crippen LogP contribution in [0.2, 0.25) is 5.02 Å². The van der Waals surface area contributed by atoms with Gasteiger partial charge in [-0.2, -0.15) is 0 Å². The zero-order valence-electron chi connectivity index (χ0n) is 11.0. The molecule has 1 rings (SSSR count). The molecule has 0 aliphatic carbocycles. The Hall–Kier alpha value is -1.22. The number of nitrogen functional groups attached to an aromatic ring is 1. The third kappa shape index (κ3) is 4.96. The van der Waals surface area contributed by atoms with Crippen LogP contribution in [-0.4, -0.2) is 12.5 Å². The minimum absolute atomic E-state index is 0.156. The highest BCUT2D eigenvalue weighted by Gasteiger charge is 2.09. The molecule has 0 aromatic heterocycles. The molecule has 0 atom stereocenters. The number of benzene rings is 1. The summed E-state index contributed by atoms with van der Waals surface area (Å²) in [6.45, 7) is 5.08. The quantitative estimate of drug-likeness (QED) is 0.613. The Bertz CT molecular complexity index is 405. The zero-order valence-corrected chi connectivity index (χ0v) is 11.8. The Balaban J connectivity index is 2.39. The topological polar surface area (TPSA) is 55.1 Å². The van der Waals surface area contributed by atoms with Crippen molar-refractivity contribution >= 4 is 23.2 Å². The molecule has 0 fully saturated rings. The molecule has 0 saturated heterocycles. The van der Waals surface area contributed by atoms with Crippen LogP contribution >= 0.6 is 11.6 Å². The minimum Gasteiger partial charge on any atom is -0.399 e. The SMILES string of the molecule is CC(C)CCCCNC(=O)c1cc(N)ccc1Cl. The van der Waals surface area contributed by atoms with Gasteiger partial charge < -0.3 is 11.1 Å². The van der Waals surface area contributed by atoms with Gasteiger partial charge in [-0.05, 0) is 30.5 Å². The van der Waals surface area contributed by atoms with Crippen LogP contribution in [-0.2, 0) is 0 Å². The van der Waals surface area contributed by atoms with E-state index >= 15 is 0 Å². The van der Waals surface area contributed by atoms with E-state index in [1.165, 1.54) is 6.42 Å². The smallest absolute Gasteiger partial charge is 0.252 e. The van der Waals surface area contributed by atoms with Gasteiger partial charge in [-0.25, -0.2) is 0 Å². The Labute approximate surface area is 114 Å². The average molecular weight is 269 g/mol. The standard InChI is InChI=1S/C14H21ClN2O/c1-10(2)5-3-4-8-17-14(18)12-9-11(16)6-7-13(12)15/h6-7,9-10H,3-5,8,16H2,1-2H3,(H,17,18). The first-order valence-corrected chi connectivity index (χ1v) is 6.71. The molecule has 3 nitrogen and oxygen atoms in total. The summed E-state index contributed by atoms with van der Waals surface area (Å²) >= 11 is 5.96. The van der Waals surface area contributed by atoms with Crippen LogP contribution in [0, 0.1) is 5.92 Å². The van der Waals surface area contributed by atoms with Crippen molar-refractivity contribution in [1.82, 2.24) is 5.32 Å². The lowest BCUT2D eigenvalue weighted by Crippen LogP contribution is -2.24. The largest absolute Gasteiger partial charge is 0.399 e. The summed E-state index contributed by atoms with van der Waals surface area (Å²) in [4.78, 5) is 11.9. The van der Waals surface area contributed by atoms with Gasteiger partial charge in [0.2, 0.25) is 0 Å². The van der Waals surface area contributed by atoms with Gasteiger partial charge in [0.05, 0.1) is 10.6 Å². The molecule has 0 unspecified atom stereocenters. The van der Waals surface area contributed by atoms with Crippen LogP contribution in [0.1, 0.15) is 43.5 Å². The van der Waals surface area contributed by atoms with Gasteiger partial charge in [-0.15, -0.1) is 0 Å². The van der Waals surface area contributed by atoms with E-state index in [0.717, 1.165) is 12.8 Å². The molecule has 1 aromatic carbocycles. The van der Waals surface area contributed by atoms with E-state index in [4.69, 9.17) is 17.3 Å². The number of carbonyl (C=O) groups is 1. The van der Waals surface area contributed by atoms with Gasteiger partial charge in [0.1, 0.15) is 0 Å². The Morgan fingerprint density at radius 2 is 2.11 bits per heavy atom. The van der Waals surface area contributed by atoms with E-state index in [0.29, 0.717) is 28.7 Å². The van der Waals surface area contributed by atoms with Gasteiger partial charge in [0, 0.05) is 12.2 Å². The number of nitrogens with one attached hydrogen (secondary N) is 1. The molecule has 0 radical (unpaired) electrons. The van der Waals surface area contributed by atoms with Crippen molar-refractivity contribution < 1.29 is 4.79 Å². The van der Waals surface area contributed by atoms with E-state index in [1.54, 1.807) is 18.2 Å². The molecule has 18 heavy (non-hydrogen) atoms. The summed E-state index contributed by atoms with van der Waals surface area (Å²) in [5.74, 6) is 0.556. The van der Waals surface area contributed by atoms with Crippen molar-refractivity contribution in [3.8, 4) is 0 Å². The second kappa shape index (κ2) is 7.27. The van der Waals surface area contributed by atoms with E-state index in [2.05, 4.69) is 19.2 Å². The van der Waals surface area contributed by atoms with Gasteiger partial charge in [-0.1, -0.05) is 38.3 Å². The molecule has 100 valence electrons. The lowest BCUT2D eigenvalue weighted by molar-refractivity contribution is 0.0953. The molecule has 0 heterocycles. The van der Waals surface area contributed by atoms with Gasteiger partial charge in [0.15, 0.2) is 0 Å². The molecule has 0 aliphatic heterocycles. The van der Waals surface area contributed by atoms with Crippen molar-refractivity contribution in [2.75, 3.05) is 12.3 Å². The van der Waals surface area contributed by atoms with Crippen molar-refractivity contribution in [2.45, 2.75) is 33.1 Å². The Kier molecular flexibility index (Phi) is 5.99. The van der Waals surface area contributed by atoms with Crippen LogP contribution < -0.4 is 11.1 Å². The molecular weight excluding hydrogens is 248 g/mol. The predicted octanol–water partition coefficient (Wildman–Crippen LogP) is 3.48. The van der Waals surface area contributed by atoms with Crippen LogP contribution in [0.4, 0.5) is 5.69 Å². The van der Waals surface area contributed by atoms with Crippen molar-refractivity contribution in [3.63, 3.8) is 0 Å². The number of nitrogens with two attached hydrogens (primary N) is 1. The summed E-state index contributed by atoms with van der Waals surface area (Å²) in [5.41, 5.74) is 6.63. The van der Waals surface area contributed by atoms with E-state index < -0.39 is 0 Å². The first-order valence-electron chi connectivity index (χ1n) is 6.34. The van der Waals surface area contributed by atoms with Gasteiger partial charge >= 0.3 is 0 Å². The number of unbranched alkanes of at least 4 members (excludes halogenated alkanes) is 1.